The lowest BCUT2D eigenvalue weighted by atomic mass is 10.0. The Hall–Kier alpha value is -2.76. The van der Waals surface area contributed by atoms with Crippen LogP contribution in [0.5, 0.6) is 0 Å². The highest BCUT2D eigenvalue weighted by Gasteiger charge is 2.26. The minimum absolute atomic E-state index is 0.0671. The molecule has 0 aliphatic carbocycles. The van der Waals surface area contributed by atoms with Gasteiger partial charge in [-0.05, 0) is 47.7 Å². The van der Waals surface area contributed by atoms with Crippen LogP contribution in [-0.2, 0) is 16.0 Å². The third kappa shape index (κ3) is 3.83. The molecule has 1 unspecified atom stereocenters. The Kier molecular flexibility index (Phi) is 5.23. The molecule has 1 saturated heterocycles. The number of hydrogen-bond donors (Lipinski definition) is 0. The molecule has 1 aromatic heterocycles. The number of amides is 1. The zero-order valence-corrected chi connectivity index (χ0v) is 17.8. The molecule has 30 heavy (non-hydrogen) atoms. The molecule has 0 spiro atoms. The molecule has 1 aliphatic heterocycles. The van der Waals surface area contributed by atoms with Crippen LogP contribution in [0.1, 0.15) is 24.0 Å². The van der Waals surface area contributed by atoms with Crippen LogP contribution < -0.4 is 4.90 Å². The van der Waals surface area contributed by atoms with Crippen LogP contribution in [0.4, 0.5) is 5.13 Å². The summed E-state index contributed by atoms with van der Waals surface area (Å²) in [5.41, 5.74) is 3.13. The lowest BCUT2D eigenvalue weighted by molar-refractivity contribution is -0.118. The summed E-state index contributed by atoms with van der Waals surface area (Å²) in [6, 6.07) is 20.7. The van der Waals surface area contributed by atoms with E-state index in [1.54, 1.807) is 11.3 Å². The molecule has 2 heterocycles. The first-order valence-corrected chi connectivity index (χ1v) is 11.2. The van der Waals surface area contributed by atoms with Crippen molar-refractivity contribution in [2.24, 2.45) is 0 Å². The number of hydrogen-bond acceptors (Lipinski definition) is 4. The van der Waals surface area contributed by atoms with E-state index >= 15 is 0 Å². The average molecular weight is 417 g/mol. The van der Waals surface area contributed by atoms with Crippen LogP contribution in [0.2, 0.25) is 0 Å². The predicted octanol–water partition coefficient (Wildman–Crippen LogP) is 5.51. The highest BCUT2D eigenvalue weighted by molar-refractivity contribution is 7.22. The second-order valence-electron chi connectivity index (χ2n) is 7.92. The van der Waals surface area contributed by atoms with Crippen molar-refractivity contribution in [2.45, 2.75) is 32.3 Å². The highest BCUT2D eigenvalue weighted by atomic mass is 32.1. The van der Waals surface area contributed by atoms with Gasteiger partial charge >= 0.3 is 0 Å². The van der Waals surface area contributed by atoms with Gasteiger partial charge in [-0.1, -0.05) is 65.9 Å². The maximum absolute atomic E-state index is 13.4. The molecule has 1 fully saturated rings. The van der Waals surface area contributed by atoms with Crippen LogP contribution in [0, 0.1) is 6.92 Å². The first-order valence-electron chi connectivity index (χ1n) is 10.4. The van der Waals surface area contributed by atoms with Gasteiger partial charge in [0.05, 0.1) is 29.3 Å². The van der Waals surface area contributed by atoms with Gasteiger partial charge < -0.3 is 4.74 Å². The van der Waals surface area contributed by atoms with E-state index in [4.69, 9.17) is 9.72 Å². The number of aryl methyl sites for hydroxylation is 1. The van der Waals surface area contributed by atoms with Gasteiger partial charge in [-0.3, -0.25) is 9.69 Å². The molecule has 1 atom stereocenters. The first kappa shape index (κ1) is 19.2. The Labute approximate surface area is 180 Å². The van der Waals surface area contributed by atoms with Crippen LogP contribution >= 0.6 is 11.3 Å². The second-order valence-corrected chi connectivity index (χ2v) is 8.92. The zero-order chi connectivity index (χ0) is 20.5. The zero-order valence-electron chi connectivity index (χ0n) is 17.0. The molecule has 1 amide bonds. The summed E-state index contributed by atoms with van der Waals surface area (Å²) in [7, 11) is 0. The van der Waals surface area contributed by atoms with Gasteiger partial charge in [0.1, 0.15) is 0 Å². The van der Waals surface area contributed by atoms with Crippen molar-refractivity contribution in [1.82, 2.24) is 4.98 Å². The van der Waals surface area contributed by atoms with Gasteiger partial charge in [-0.2, -0.15) is 0 Å². The Morgan fingerprint density at radius 2 is 2.00 bits per heavy atom. The SMILES string of the molecule is Cc1cccc2sc(N(CC3CCCO3)C(=O)Cc3ccc4ccccc4c3)nc12. The van der Waals surface area contributed by atoms with E-state index in [9.17, 15) is 4.79 Å². The molecular weight excluding hydrogens is 392 g/mol. The molecule has 0 bridgehead atoms. The largest absolute Gasteiger partial charge is 0.376 e. The number of ether oxygens (including phenoxy) is 1. The van der Waals surface area contributed by atoms with Crippen molar-refractivity contribution < 1.29 is 9.53 Å². The number of thiazole rings is 1. The van der Waals surface area contributed by atoms with Gasteiger partial charge in [0.25, 0.3) is 0 Å². The molecule has 4 nitrogen and oxygen atoms in total. The van der Waals surface area contributed by atoms with Gasteiger partial charge in [0.15, 0.2) is 5.13 Å². The van der Waals surface area contributed by atoms with Crippen molar-refractivity contribution in [3.8, 4) is 0 Å². The molecular formula is C25H24N2O2S. The van der Waals surface area contributed by atoms with Crippen molar-refractivity contribution in [2.75, 3.05) is 18.1 Å². The number of nitrogens with zero attached hydrogens (tertiary/aromatic N) is 2. The molecule has 4 aromatic rings. The van der Waals surface area contributed by atoms with Crippen molar-refractivity contribution in [1.29, 1.82) is 0 Å². The Morgan fingerprint density at radius 1 is 1.13 bits per heavy atom. The molecule has 0 saturated carbocycles. The number of para-hydroxylation sites is 1. The minimum Gasteiger partial charge on any atom is -0.376 e. The lowest BCUT2D eigenvalue weighted by Gasteiger charge is -2.23. The van der Waals surface area contributed by atoms with Crippen LogP contribution in [0.15, 0.2) is 60.7 Å². The number of anilines is 1. The van der Waals surface area contributed by atoms with E-state index in [0.717, 1.165) is 51.3 Å². The van der Waals surface area contributed by atoms with Gasteiger partial charge in [-0.25, -0.2) is 4.98 Å². The monoisotopic (exact) mass is 416 g/mol. The highest BCUT2D eigenvalue weighted by Crippen LogP contribution is 2.32. The van der Waals surface area contributed by atoms with Crippen LogP contribution in [0.25, 0.3) is 21.0 Å². The fourth-order valence-corrected chi connectivity index (χ4v) is 5.16. The summed E-state index contributed by atoms with van der Waals surface area (Å²) in [5, 5.41) is 3.11. The summed E-state index contributed by atoms with van der Waals surface area (Å²) in [4.78, 5) is 20.1. The summed E-state index contributed by atoms with van der Waals surface area (Å²) in [6.07, 6.45) is 2.48. The minimum atomic E-state index is 0.0671. The summed E-state index contributed by atoms with van der Waals surface area (Å²) >= 11 is 1.58. The standard InChI is InChI=1S/C25H24N2O2S/c1-17-6-4-10-22-24(17)26-25(30-22)27(16-21-9-5-13-29-21)23(28)15-18-11-12-19-7-2-3-8-20(19)14-18/h2-4,6-8,10-12,14,21H,5,9,13,15-16H2,1H3. The van der Waals surface area contributed by atoms with E-state index in [-0.39, 0.29) is 12.0 Å². The second kappa shape index (κ2) is 8.17. The summed E-state index contributed by atoms with van der Waals surface area (Å²) in [5.74, 6) is 0.0671. The van der Waals surface area contributed by atoms with E-state index in [2.05, 4.69) is 43.3 Å². The smallest absolute Gasteiger partial charge is 0.233 e. The summed E-state index contributed by atoms with van der Waals surface area (Å²) in [6.45, 7) is 3.40. The number of fused-ring (bicyclic) bond motifs is 2. The number of rotatable bonds is 5. The van der Waals surface area contributed by atoms with Gasteiger partial charge in [0, 0.05) is 6.61 Å². The summed E-state index contributed by atoms with van der Waals surface area (Å²) < 4.78 is 6.96. The van der Waals surface area contributed by atoms with E-state index < -0.39 is 0 Å². The lowest BCUT2D eigenvalue weighted by Crippen LogP contribution is -2.38. The molecule has 1 aliphatic rings. The number of carbonyl (C=O) groups excluding carboxylic acids is 1. The van der Waals surface area contributed by atoms with Crippen LogP contribution in [0.3, 0.4) is 0 Å². The topological polar surface area (TPSA) is 42.4 Å². The maximum atomic E-state index is 13.4. The molecule has 3 aromatic carbocycles. The quantitative estimate of drug-likeness (QED) is 0.431. The number of carbonyl (C=O) groups is 1. The third-order valence-corrected chi connectivity index (χ3v) is 6.76. The van der Waals surface area contributed by atoms with E-state index in [0.29, 0.717) is 13.0 Å². The predicted molar refractivity (Wildman–Crippen MR) is 123 cm³/mol. The molecule has 0 N–H and O–H groups in total. The van der Waals surface area contributed by atoms with Gasteiger partial charge in [0.2, 0.25) is 5.91 Å². The Balaban J connectivity index is 1.46. The molecule has 152 valence electrons. The molecule has 5 rings (SSSR count). The average Bonchev–Trinajstić information content (AvgIpc) is 3.42. The fraction of sp³-hybridized carbons (Fsp3) is 0.280. The van der Waals surface area contributed by atoms with E-state index in [1.807, 2.05) is 29.2 Å². The Bertz CT molecular complexity index is 1210. The van der Waals surface area contributed by atoms with Gasteiger partial charge in [-0.15, -0.1) is 0 Å². The Morgan fingerprint density at radius 3 is 2.80 bits per heavy atom. The van der Waals surface area contributed by atoms with Crippen molar-refractivity contribution in [3.05, 3.63) is 71.8 Å². The van der Waals surface area contributed by atoms with E-state index in [1.165, 1.54) is 5.39 Å². The maximum Gasteiger partial charge on any atom is 0.233 e. The molecule has 5 heteroatoms. The van der Waals surface area contributed by atoms with Crippen LogP contribution in [-0.4, -0.2) is 30.1 Å². The normalized spacial score (nSPS) is 16.4. The molecule has 0 radical (unpaired) electrons. The first-order chi connectivity index (χ1) is 14.7. The third-order valence-electron chi connectivity index (χ3n) is 5.72. The number of benzene rings is 3. The fourth-order valence-electron chi connectivity index (χ4n) is 4.09. The number of aromatic nitrogens is 1. The van der Waals surface area contributed by atoms with Crippen molar-refractivity contribution >= 4 is 43.4 Å². The van der Waals surface area contributed by atoms with Crippen molar-refractivity contribution in [3.63, 3.8) is 0 Å².